The Morgan fingerprint density at radius 2 is 1.61 bits per heavy atom. The van der Waals surface area contributed by atoms with Crippen LogP contribution in [0.3, 0.4) is 0 Å². The number of rotatable bonds is 10. The number of aliphatic hydroxyl groups is 1. The number of hydrogen-bond acceptors (Lipinski definition) is 3. The molecule has 0 spiro atoms. The highest BCUT2D eigenvalue weighted by atomic mass is 35.5. The zero-order chi connectivity index (χ0) is 21.5. The summed E-state index contributed by atoms with van der Waals surface area (Å²) in [7, 11) is 0. The molecule has 0 bridgehead atoms. The number of pyridine rings is 1. The Balaban J connectivity index is 0.00000341. The minimum atomic E-state index is -0.652. The van der Waals surface area contributed by atoms with E-state index < -0.39 is 6.10 Å². The molecule has 0 fully saturated rings. The van der Waals surface area contributed by atoms with Crippen LogP contribution in [0.15, 0.2) is 48.5 Å². The van der Waals surface area contributed by atoms with E-state index in [0.29, 0.717) is 22.1 Å². The van der Waals surface area contributed by atoms with Gasteiger partial charge < -0.3 is 10.0 Å². The quantitative estimate of drug-likeness (QED) is 0.324. The predicted molar refractivity (Wildman–Crippen MR) is 136 cm³/mol. The second-order valence-electron chi connectivity index (χ2n) is 7.77. The molecular weight excluding hydrogens is 451 g/mol. The van der Waals surface area contributed by atoms with Gasteiger partial charge in [-0.05, 0) is 49.7 Å². The molecule has 1 aromatic heterocycles. The normalized spacial score (nSPS) is 12.2. The zero-order valence-corrected chi connectivity index (χ0v) is 20.5. The van der Waals surface area contributed by atoms with Crippen LogP contribution in [0.1, 0.15) is 51.2 Å². The summed E-state index contributed by atoms with van der Waals surface area (Å²) in [5, 5.41) is 13.1. The van der Waals surface area contributed by atoms with Crippen LogP contribution in [0.5, 0.6) is 0 Å². The van der Waals surface area contributed by atoms with Gasteiger partial charge in [-0.15, -0.1) is 12.4 Å². The van der Waals surface area contributed by atoms with Crippen molar-refractivity contribution >= 4 is 46.5 Å². The van der Waals surface area contributed by atoms with E-state index in [0.717, 1.165) is 61.0 Å². The molecule has 3 nitrogen and oxygen atoms in total. The highest BCUT2D eigenvalue weighted by molar-refractivity contribution is 6.38. The molecule has 0 aliphatic carbocycles. The number of aromatic nitrogens is 1. The van der Waals surface area contributed by atoms with Crippen molar-refractivity contribution in [3.05, 3.63) is 64.1 Å². The second-order valence-corrected chi connectivity index (χ2v) is 8.61. The van der Waals surface area contributed by atoms with Crippen molar-refractivity contribution in [2.75, 3.05) is 19.6 Å². The van der Waals surface area contributed by atoms with Gasteiger partial charge in [-0.3, -0.25) is 0 Å². The maximum Gasteiger partial charge on any atom is 0.0924 e. The third kappa shape index (κ3) is 6.81. The monoisotopic (exact) mass is 480 g/mol. The first kappa shape index (κ1) is 25.9. The van der Waals surface area contributed by atoms with Crippen molar-refractivity contribution in [3.8, 4) is 11.3 Å². The fourth-order valence-electron chi connectivity index (χ4n) is 3.71. The Hall–Kier alpha value is -1.36. The molecule has 0 saturated carbocycles. The number of benzene rings is 2. The second kappa shape index (κ2) is 12.6. The largest absolute Gasteiger partial charge is 0.387 e. The van der Waals surface area contributed by atoms with E-state index in [1.165, 1.54) is 0 Å². The molecule has 0 aliphatic heterocycles. The molecule has 2 aromatic carbocycles. The van der Waals surface area contributed by atoms with Gasteiger partial charge in [0.05, 0.1) is 22.3 Å². The first-order chi connectivity index (χ1) is 14.5. The zero-order valence-electron chi connectivity index (χ0n) is 18.2. The van der Waals surface area contributed by atoms with Gasteiger partial charge in [0, 0.05) is 22.5 Å². The lowest BCUT2D eigenvalue weighted by atomic mass is 9.99. The van der Waals surface area contributed by atoms with Crippen LogP contribution in [0.2, 0.25) is 10.0 Å². The molecule has 3 rings (SSSR count). The Morgan fingerprint density at radius 3 is 2.23 bits per heavy atom. The van der Waals surface area contributed by atoms with Crippen molar-refractivity contribution in [1.82, 2.24) is 9.88 Å². The van der Waals surface area contributed by atoms with E-state index in [1.807, 2.05) is 42.5 Å². The molecule has 0 aliphatic rings. The lowest BCUT2D eigenvalue weighted by molar-refractivity contribution is 0.112. The third-order valence-electron chi connectivity index (χ3n) is 5.38. The van der Waals surface area contributed by atoms with Crippen molar-refractivity contribution in [3.63, 3.8) is 0 Å². The highest BCUT2D eigenvalue weighted by Gasteiger charge is 2.19. The molecular formula is C25H31Cl3N2O. The fraction of sp³-hybridized carbons (Fsp3) is 0.400. The van der Waals surface area contributed by atoms with E-state index in [2.05, 4.69) is 18.7 Å². The minimum Gasteiger partial charge on any atom is -0.387 e. The van der Waals surface area contributed by atoms with Crippen LogP contribution < -0.4 is 0 Å². The Bertz CT molecular complexity index is 958. The number of nitrogens with zero attached hydrogens (tertiary/aromatic N) is 2. The number of aliphatic hydroxyl groups excluding tert-OH is 1. The number of halogens is 3. The van der Waals surface area contributed by atoms with Gasteiger partial charge >= 0.3 is 0 Å². The first-order valence-electron chi connectivity index (χ1n) is 10.8. The predicted octanol–water partition coefficient (Wildman–Crippen LogP) is 7.57. The molecule has 0 radical (unpaired) electrons. The van der Waals surface area contributed by atoms with Gasteiger partial charge in [0.25, 0.3) is 0 Å². The molecule has 1 N–H and O–H groups in total. The van der Waals surface area contributed by atoms with Crippen LogP contribution in [0, 0.1) is 0 Å². The lowest BCUT2D eigenvalue weighted by Gasteiger charge is -2.26. The van der Waals surface area contributed by atoms with Gasteiger partial charge in [-0.25, -0.2) is 4.98 Å². The molecule has 3 aromatic rings. The summed E-state index contributed by atoms with van der Waals surface area (Å²) in [4.78, 5) is 7.15. The fourth-order valence-corrected chi connectivity index (χ4v) is 4.25. The smallest absolute Gasteiger partial charge is 0.0924 e. The summed E-state index contributed by atoms with van der Waals surface area (Å²) in [6.07, 6.45) is 3.88. The maximum absolute atomic E-state index is 11.3. The Labute approximate surface area is 201 Å². The summed E-state index contributed by atoms with van der Waals surface area (Å²) in [6, 6.07) is 15.5. The molecule has 0 amide bonds. The third-order valence-corrected chi connectivity index (χ3v) is 5.89. The van der Waals surface area contributed by atoms with Gasteiger partial charge in [0.15, 0.2) is 0 Å². The molecule has 1 atom stereocenters. The van der Waals surface area contributed by atoms with Crippen LogP contribution in [0.4, 0.5) is 0 Å². The SMILES string of the molecule is CCCCN(CCCC)CC(O)c1cc(-c2ccccc2)nc2c(Cl)cc(Cl)cc12.Cl. The topological polar surface area (TPSA) is 36.4 Å². The van der Waals surface area contributed by atoms with Crippen molar-refractivity contribution in [2.45, 2.75) is 45.6 Å². The van der Waals surface area contributed by atoms with E-state index in [-0.39, 0.29) is 12.4 Å². The average Bonchev–Trinajstić information content (AvgIpc) is 2.75. The summed E-state index contributed by atoms with van der Waals surface area (Å²) < 4.78 is 0. The van der Waals surface area contributed by atoms with Crippen molar-refractivity contribution in [2.24, 2.45) is 0 Å². The van der Waals surface area contributed by atoms with Gasteiger partial charge in [0.1, 0.15) is 0 Å². The summed E-state index contributed by atoms with van der Waals surface area (Å²) in [5.74, 6) is 0. The molecule has 1 unspecified atom stereocenters. The Morgan fingerprint density at radius 1 is 0.968 bits per heavy atom. The van der Waals surface area contributed by atoms with Gasteiger partial charge in [-0.1, -0.05) is 80.2 Å². The molecule has 0 saturated heterocycles. The maximum atomic E-state index is 11.3. The summed E-state index contributed by atoms with van der Waals surface area (Å²) >= 11 is 12.8. The van der Waals surface area contributed by atoms with E-state index >= 15 is 0 Å². The number of hydrogen-bond donors (Lipinski definition) is 1. The van der Waals surface area contributed by atoms with E-state index in [1.54, 1.807) is 6.07 Å². The van der Waals surface area contributed by atoms with Crippen molar-refractivity contribution in [1.29, 1.82) is 0 Å². The van der Waals surface area contributed by atoms with Crippen LogP contribution in [0.25, 0.3) is 22.2 Å². The standard InChI is InChI=1S/C25H30Cl2N2O.ClH/c1-3-5-12-29(13-6-4-2)17-24(30)20-16-23(18-10-8-7-9-11-18)28-25-21(20)14-19(26)15-22(25)27;/h7-11,14-16,24,30H,3-6,12-13,17H2,1-2H3;1H. The molecule has 168 valence electrons. The van der Waals surface area contributed by atoms with Crippen molar-refractivity contribution < 1.29 is 5.11 Å². The molecule has 1 heterocycles. The first-order valence-corrected chi connectivity index (χ1v) is 11.5. The summed E-state index contributed by atoms with van der Waals surface area (Å²) in [5.41, 5.74) is 3.29. The highest BCUT2D eigenvalue weighted by Crippen LogP contribution is 2.34. The van der Waals surface area contributed by atoms with Crippen LogP contribution in [-0.4, -0.2) is 34.6 Å². The van der Waals surface area contributed by atoms with Crippen LogP contribution >= 0.6 is 35.6 Å². The number of unbranched alkanes of at least 4 members (excludes halogenated alkanes) is 2. The van der Waals surface area contributed by atoms with E-state index in [9.17, 15) is 5.11 Å². The minimum absolute atomic E-state index is 0. The number of fused-ring (bicyclic) bond motifs is 1. The molecule has 31 heavy (non-hydrogen) atoms. The Kier molecular flexibility index (Phi) is 10.5. The lowest BCUT2D eigenvalue weighted by Crippen LogP contribution is -2.31. The van der Waals surface area contributed by atoms with E-state index in [4.69, 9.17) is 28.2 Å². The average molecular weight is 482 g/mol. The summed E-state index contributed by atoms with van der Waals surface area (Å²) in [6.45, 7) is 6.95. The molecule has 6 heteroatoms. The van der Waals surface area contributed by atoms with Gasteiger partial charge in [0.2, 0.25) is 0 Å². The van der Waals surface area contributed by atoms with Crippen LogP contribution in [-0.2, 0) is 0 Å². The van der Waals surface area contributed by atoms with Gasteiger partial charge in [-0.2, -0.15) is 0 Å².